The number of halogens is 1. The maximum atomic E-state index is 12.6. The summed E-state index contributed by atoms with van der Waals surface area (Å²) in [5.74, 6) is 1.07. The number of hydrogen-bond donors (Lipinski definition) is 0. The lowest BCUT2D eigenvalue weighted by atomic mass is 10.0. The van der Waals surface area contributed by atoms with Crippen molar-refractivity contribution in [3.8, 4) is 11.5 Å². The van der Waals surface area contributed by atoms with E-state index in [1.165, 1.54) is 6.20 Å². The van der Waals surface area contributed by atoms with Crippen LogP contribution in [-0.4, -0.2) is 24.0 Å². The fraction of sp³-hybridized carbons (Fsp3) is 0.250. The van der Waals surface area contributed by atoms with Gasteiger partial charge in [0.05, 0.1) is 19.4 Å². The number of hydrogen-bond acceptors (Lipinski definition) is 4. The van der Waals surface area contributed by atoms with E-state index in [-0.39, 0.29) is 11.9 Å². The second-order valence-corrected chi connectivity index (χ2v) is 5.61. The predicted octanol–water partition coefficient (Wildman–Crippen LogP) is 3.87. The van der Waals surface area contributed by atoms with E-state index in [4.69, 9.17) is 9.47 Å². The monoisotopic (exact) mass is 349 g/mol. The fourth-order valence-electron chi connectivity index (χ4n) is 1.84. The standard InChI is InChI=1S/C16H16BrNO3/c1-10(2)21-13-6-11(8-18-9-13)16(19)14-7-12(20-3)4-5-15(14)17/h4-10H,1-3H3. The number of carbonyl (C=O) groups is 1. The minimum absolute atomic E-state index is 0.0284. The normalized spacial score (nSPS) is 10.5. The van der Waals surface area contributed by atoms with Gasteiger partial charge in [-0.1, -0.05) is 15.9 Å². The van der Waals surface area contributed by atoms with Crippen LogP contribution in [0.25, 0.3) is 0 Å². The van der Waals surface area contributed by atoms with Gasteiger partial charge in [0.2, 0.25) is 0 Å². The van der Waals surface area contributed by atoms with E-state index in [1.807, 2.05) is 13.8 Å². The quantitative estimate of drug-likeness (QED) is 0.768. The Balaban J connectivity index is 2.36. The van der Waals surface area contributed by atoms with Crippen LogP contribution >= 0.6 is 15.9 Å². The summed E-state index contributed by atoms with van der Waals surface area (Å²) in [5, 5.41) is 0. The van der Waals surface area contributed by atoms with Crippen LogP contribution in [0.15, 0.2) is 41.1 Å². The lowest BCUT2D eigenvalue weighted by Gasteiger charge is -2.11. The van der Waals surface area contributed by atoms with Gasteiger partial charge in [-0.3, -0.25) is 9.78 Å². The zero-order valence-electron chi connectivity index (χ0n) is 12.1. The van der Waals surface area contributed by atoms with E-state index >= 15 is 0 Å². The van der Waals surface area contributed by atoms with E-state index < -0.39 is 0 Å². The number of pyridine rings is 1. The third kappa shape index (κ3) is 3.82. The van der Waals surface area contributed by atoms with Gasteiger partial charge in [0.15, 0.2) is 5.78 Å². The van der Waals surface area contributed by atoms with Crippen molar-refractivity contribution in [3.63, 3.8) is 0 Å². The number of carbonyl (C=O) groups excluding carboxylic acids is 1. The van der Waals surface area contributed by atoms with Gasteiger partial charge in [-0.2, -0.15) is 0 Å². The van der Waals surface area contributed by atoms with E-state index in [2.05, 4.69) is 20.9 Å². The Kier molecular flexibility index (Phi) is 4.96. The summed E-state index contributed by atoms with van der Waals surface area (Å²) in [7, 11) is 1.57. The van der Waals surface area contributed by atoms with Crippen molar-refractivity contribution in [3.05, 3.63) is 52.3 Å². The van der Waals surface area contributed by atoms with Gasteiger partial charge in [0, 0.05) is 21.8 Å². The molecular weight excluding hydrogens is 334 g/mol. The summed E-state index contributed by atoms with van der Waals surface area (Å²) in [6.07, 6.45) is 3.15. The smallest absolute Gasteiger partial charge is 0.195 e. The molecule has 110 valence electrons. The molecule has 0 aliphatic carbocycles. The molecule has 0 aliphatic heterocycles. The van der Waals surface area contributed by atoms with Crippen LogP contribution in [0.3, 0.4) is 0 Å². The Labute approximate surface area is 132 Å². The summed E-state index contributed by atoms with van der Waals surface area (Å²) in [6.45, 7) is 3.85. The second kappa shape index (κ2) is 6.72. The number of nitrogens with zero attached hydrogens (tertiary/aromatic N) is 1. The van der Waals surface area contributed by atoms with Gasteiger partial charge in [0.25, 0.3) is 0 Å². The van der Waals surface area contributed by atoms with Crippen LogP contribution in [0.4, 0.5) is 0 Å². The lowest BCUT2D eigenvalue weighted by Crippen LogP contribution is -2.08. The van der Waals surface area contributed by atoms with Gasteiger partial charge in [-0.25, -0.2) is 0 Å². The van der Waals surface area contributed by atoms with Crippen molar-refractivity contribution in [2.45, 2.75) is 20.0 Å². The van der Waals surface area contributed by atoms with Crippen molar-refractivity contribution in [1.82, 2.24) is 4.98 Å². The first-order valence-corrected chi connectivity index (χ1v) is 7.30. The first-order valence-electron chi connectivity index (χ1n) is 6.51. The molecule has 1 aromatic carbocycles. The average molecular weight is 350 g/mol. The average Bonchev–Trinajstić information content (AvgIpc) is 2.46. The number of ketones is 1. The molecule has 2 aromatic rings. The molecule has 0 saturated carbocycles. The van der Waals surface area contributed by atoms with Gasteiger partial charge < -0.3 is 9.47 Å². The Morgan fingerprint density at radius 3 is 2.62 bits per heavy atom. The van der Waals surface area contributed by atoms with Crippen LogP contribution in [0.2, 0.25) is 0 Å². The number of aromatic nitrogens is 1. The third-order valence-corrected chi connectivity index (χ3v) is 3.46. The molecule has 0 amide bonds. The highest BCUT2D eigenvalue weighted by Crippen LogP contribution is 2.25. The Morgan fingerprint density at radius 1 is 1.19 bits per heavy atom. The molecule has 0 atom stereocenters. The van der Waals surface area contributed by atoms with Crippen molar-refractivity contribution in [2.24, 2.45) is 0 Å². The third-order valence-electron chi connectivity index (χ3n) is 2.77. The predicted molar refractivity (Wildman–Crippen MR) is 84.1 cm³/mol. The number of benzene rings is 1. The molecule has 0 spiro atoms. The number of ether oxygens (including phenoxy) is 2. The van der Waals surface area contributed by atoms with E-state index in [9.17, 15) is 4.79 Å². The van der Waals surface area contributed by atoms with Crippen LogP contribution in [0.1, 0.15) is 29.8 Å². The zero-order chi connectivity index (χ0) is 15.4. The maximum absolute atomic E-state index is 12.6. The molecular formula is C16H16BrNO3. The molecule has 0 radical (unpaired) electrons. The number of rotatable bonds is 5. The first kappa shape index (κ1) is 15.5. The fourth-order valence-corrected chi connectivity index (χ4v) is 2.27. The van der Waals surface area contributed by atoms with Crippen molar-refractivity contribution >= 4 is 21.7 Å². The molecule has 4 nitrogen and oxygen atoms in total. The molecule has 0 aliphatic rings. The highest BCUT2D eigenvalue weighted by molar-refractivity contribution is 9.10. The highest BCUT2D eigenvalue weighted by Gasteiger charge is 2.15. The van der Waals surface area contributed by atoms with Crippen molar-refractivity contribution < 1.29 is 14.3 Å². The van der Waals surface area contributed by atoms with Crippen LogP contribution in [0.5, 0.6) is 11.5 Å². The molecule has 0 N–H and O–H groups in total. The molecule has 5 heteroatoms. The van der Waals surface area contributed by atoms with E-state index in [1.54, 1.807) is 37.6 Å². The Bertz CT molecular complexity index is 656. The molecule has 1 heterocycles. The topological polar surface area (TPSA) is 48.4 Å². The Morgan fingerprint density at radius 2 is 1.95 bits per heavy atom. The largest absolute Gasteiger partial charge is 0.497 e. The molecule has 0 fully saturated rings. The summed E-state index contributed by atoms with van der Waals surface area (Å²) in [4.78, 5) is 16.7. The first-order chi connectivity index (χ1) is 10.0. The molecule has 21 heavy (non-hydrogen) atoms. The summed E-state index contributed by atoms with van der Waals surface area (Å²) in [6, 6.07) is 6.97. The van der Waals surface area contributed by atoms with Crippen LogP contribution in [0, 0.1) is 0 Å². The zero-order valence-corrected chi connectivity index (χ0v) is 13.7. The minimum Gasteiger partial charge on any atom is -0.497 e. The van der Waals surface area contributed by atoms with E-state index in [0.717, 1.165) is 0 Å². The van der Waals surface area contributed by atoms with Gasteiger partial charge in [-0.15, -0.1) is 0 Å². The van der Waals surface area contributed by atoms with Gasteiger partial charge >= 0.3 is 0 Å². The lowest BCUT2D eigenvalue weighted by molar-refractivity contribution is 0.103. The molecule has 0 unspecified atom stereocenters. The summed E-state index contributed by atoms with van der Waals surface area (Å²) < 4.78 is 11.4. The van der Waals surface area contributed by atoms with Crippen LogP contribution in [-0.2, 0) is 0 Å². The molecule has 1 aromatic heterocycles. The van der Waals surface area contributed by atoms with Gasteiger partial charge in [-0.05, 0) is 38.1 Å². The number of methoxy groups -OCH3 is 1. The van der Waals surface area contributed by atoms with Crippen molar-refractivity contribution in [2.75, 3.05) is 7.11 Å². The molecule has 0 saturated heterocycles. The van der Waals surface area contributed by atoms with Crippen LogP contribution < -0.4 is 9.47 Å². The highest BCUT2D eigenvalue weighted by atomic mass is 79.9. The van der Waals surface area contributed by atoms with E-state index in [0.29, 0.717) is 27.1 Å². The Hall–Kier alpha value is -1.88. The van der Waals surface area contributed by atoms with Gasteiger partial charge in [0.1, 0.15) is 11.5 Å². The van der Waals surface area contributed by atoms with Crippen molar-refractivity contribution in [1.29, 1.82) is 0 Å². The molecule has 0 bridgehead atoms. The second-order valence-electron chi connectivity index (χ2n) is 4.75. The minimum atomic E-state index is -0.137. The summed E-state index contributed by atoms with van der Waals surface area (Å²) >= 11 is 3.39. The SMILES string of the molecule is COc1ccc(Br)c(C(=O)c2cncc(OC(C)C)c2)c1. The maximum Gasteiger partial charge on any atom is 0.195 e. The summed E-state index contributed by atoms with van der Waals surface area (Å²) in [5.41, 5.74) is 1.000. The molecule has 2 rings (SSSR count).